The van der Waals surface area contributed by atoms with Crippen LogP contribution in [0.15, 0.2) is 18.2 Å². The predicted octanol–water partition coefficient (Wildman–Crippen LogP) is 0.0732. The van der Waals surface area contributed by atoms with E-state index in [2.05, 4.69) is 17.4 Å². The van der Waals surface area contributed by atoms with E-state index < -0.39 is 6.10 Å². The summed E-state index contributed by atoms with van der Waals surface area (Å²) in [6.45, 7) is 2.53. The molecule has 2 rings (SSSR count). The Balaban J connectivity index is 1.76. The maximum Gasteiger partial charge on any atom is 0.122 e. The Morgan fingerprint density at radius 2 is 2.35 bits per heavy atom. The molecule has 1 aromatic rings. The fourth-order valence-corrected chi connectivity index (χ4v) is 1.98. The lowest BCUT2D eigenvalue weighted by molar-refractivity contribution is 0.180. The molecule has 0 bridgehead atoms. The molecule has 0 fully saturated rings. The van der Waals surface area contributed by atoms with E-state index in [1.807, 2.05) is 6.07 Å². The van der Waals surface area contributed by atoms with E-state index in [1.165, 1.54) is 11.1 Å². The molecule has 1 atom stereocenters. The van der Waals surface area contributed by atoms with Gasteiger partial charge in [0.1, 0.15) is 5.75 Å². The highest BCUT2D eigenvalue weighted by atomic mass is 16.5. The molecular weight excluding hydrogens is 216 g/mol. The summed E-state index contributed by atoms with van der Waals surface area (Å²) in [6, 6.07) is 6.36. The van der Waals surface area contributed by atoms with Gasteiger partial charge in [0.25, 0.3) is 0 Å². The van der Waals surface area contributed by atoms with Crippen LogP contribution in [0.3, 0.4) is 0 Å². The molecule has 4 heteroatoms. The molecule has 4 nitrogen and oxygen atoms in total. The second-order valence-corrected chi connectivity index (χ2v) is 4.38. The van der Waals surface area contributed by atoms with E-state index in [9.17, 15) is 5.11 Å². The van der Waals surface area contributed by atoms with Crippen molar-refractivity contribution < 1.29 is 9.84 Å². The molecule has 1 aliphatic rings. The average Bonchev–Trinajstić information content (AvgIpc) is 2.81. The molecule has 0 saturated heterocycles. The highest BCUT2D eigenvalue weighted by Gasteiger charge is 2.11. The van der Waals surface area contributed by atoms with Crippen molar-refractivity contribution in [1.29, 1.82) is 0 Å². The monoisotopic (exact) mass is 236 g/mol. The van der Waals surface area contributed by atoms with Gasteiger partial charge in [-0.25, -0.2) is 0 Å². The SMILES string of the molecule is NCC(O)CNCCc1ccc2c(c1)CCO2. The van der Waals surface area contributed by atoms with E-state index in [0.717, 1.165) is 31.7 Å². The van der Waals surface area contributed by atoms with Gasteiger partial charge in [-0.15, -0.1) is 0 Å². The third-order valence-electron chi connectivity index (χ3n) is 3.00. The number of nitrogens with one attached hydrogen (secondary N) is 1. The number of aliphatic hydroxyl groups excluding tert-OH is 1. The summed E-state index contributed by atoms with van der Waals surface area (Å²) in [5.41, 5.74) is 7.94. The second kappa shape index (κ2) is 6.00. The Morgan fingerprint density at radius 3 is 3.18 bits per heavy atom. The Hall–Kier alpha value is -1.10. The number of aliphatic hydroxyl groups is 1. The summed E-state index contributed by atoms with van der Waals surface area (Å²) in [4.78, 5) is 0. The minimum atomic E-state index is -0.441. The van der Waals surface area contributed by atoms with Gasteiger partial charge in [0.2, 0.25) is 0 Å². The summed E-state index contributed by atoms with van der Waals surface area (Å²) < 4.78 is 5.46. The lowest BCUT2D eigenvalue weighted by atomic mass is 10.1. The normalized spacial score (nSPS) is 15.4. The van der Waals surface area contributed by atoms with E-state index in [4.69, 9.17) is 10.5 Å². The number of benzene rings is 1. The highest BCUT2D eigenvalue weighted by Crippen LogP contribution is 2.25. The quantitative estimate of drug-likeness (QED) is 0.612. The van der Waals surface area contributed by atoms with Crippen LogP contribution in [0.4, 0.5) is 0 Å². The van der Waals surface area contributed by atoms with Crippen LogP contribution < -0.4 is 15.8 Å². The maximum absolute atomic E-state index is 9.28. The Labute approximate surface area is 102 Å². The summed E-state index contributed by atoms with van der Waals surface area (Å²) in [6.07, 6.45) is 1.54. The van der Waals surface area contributed by atoms with E-state index in [1.54, 1.807) is 0 Å². The number of nitrogens with two attached hydrogens (primary N) is 1. The van der Waals surface area contributed by atoms with Crippen LogP contribution >= 0.6 is 0 Å². The van der Waals surface area contributed by atoms with Gasteiger partial charge < -0.3 is 20.9 Å². The lowest BCUT2D eigenvalue weighted by Crippen LogP contribution is -2.33. The van der Waals surface area contributed by atoms with E-state index in [0.29, 0.717) is 13.1 Å². The average molecular weight is 236 g/mol. The van der Waals surface area contributed by atoms with Crippen LogP contribution in [-0.2, 0) is 12.8 Å². The van der Waals surface area contributed by atoms with Crippen LogP contribution in [0.5, 0.6) is 5.75 Å². The zero-order valence-electron chi connectivity index (χ0n) is 9.98. The smallest absolute Gasteiger partial charge is 0.122 e. The topological polar surface area (TPSA) is 67.5 Å². The van der Waals surface area contributed by atoms with Gasteiger partial charge in [0.05, 0.1) is 12.7 Å². The first-order valence-corrected chi connectivity index (χ1v) is 6.13. The molecule has 94 valence electrons. The van der Waals surface area contributed by atoms with Crippen LogP contribution in [0.25, 0.3) is 0 Å². The third-order valence-corrected chi connectivity index (χ3v) is 3.00. The Morgan fingerprint density at radius 1 is 1.47 bits per heavy atom. The van der Waals surface area contributed by atoms with Gasteiger partial charge in [-0.1, -0.05) is 12.1 Å². The van der Waals surface area contributed by atoms with Crippen molar-refractivity contribution in [2.24, 2.45) is 5.73 Å². The van der Waals surface area contributed by atoms with Crippen LogP contribution in [0, 0.1) is 0 Å². The molecule has 1 aromatic carbocycles. The van der Waals surface area contributed by atoms with E-state index >= 15 is 0 Å². The van der Waals surface area contributed by atoms with Gasteiger partial charge in [-0.05, 0) is 30.2 Å². The maximum atomic E-state index is 9.28. The van der Waals surface area contributed by atoms with Gasteiger partial charge in [-0.3, -0.25) is 0 Å². The largest absolute Gasteiger partial charge is 0.493 e. The van der Waals surface area contributed by atoms with E-state index in [-0.39, 0.29) is 0 Å². The van der Waals surface area contributed by atoms with Crippen molar-refractivity contribution in [2.45, 2.75) is 18.9 Å². The molecule has 0 saturated carbocycles. The summed E-state index contributed by atoms with van der Waals surface area (Å²) in [5.74, 6) is 1.03. The minimum Gasteiger partial charge on any atom is -0.493 e. The molecule has 0 aromatic heterocycles. The third kappa shape index (κ3) is 3.43. The molecule has 1 aliphatic heterocycles. The van der Waals surface area contributed by atoms with Gasteiger partial charge in [0, 0.05) is 19.5 Å². The molecule has 1 unspecified atom stereocenters. The highest BCUT2D eigenvalue weighted by molar-refractivity contribution is 5.39. The molecule has 4 N–H and O–H groups in total. The van der Waals surface area contributed by atoms with Crippen LogP contribution in [-0.4, -0.2) is 37.5 Å². The van der Waals surface area contributed by atoms with Gasteiger partial charge in [0.15, 0.2) is 0 Å². The second-order valence-electron chi connectivity index (χ2n) is 4.38. The molecule has 1 heterocycles. The Kier molecular flexibility index (Phi) is 4.36. The van der Waals surface area contributed by atoms with Gasteiger partial charge >= 0.3 is 0 Å². The summed E-state index contributed by atoms with van der Waals surface area (Å²) in [5, 5.41) is 12.5. The number of hydrogen-bond donors (Lipinski definition) is 3. The van der Waals surface area contributed by atoms with Crippen molar-refractivity contribution in [3.05, 3.63) is 29.3 Å². The standard InChI is InChI=1S/C13H20N2O2/c14-8-12(16)9-15-5-3-10-1-2-13-11(7-10)4-6-17-13/h1-2,7,12,15-16H,3-6,8-9,14H2. The fraction of sp³-hybridized carbons (Fsp3) is 0.538. The van der Waals surface area contributed by atoms with Crippen molar-refractivity contribution >= 4 is 0 Å². The molecule has 0 aliphatic carbocycles. The van der Waals surface area contributed by atoms with Crippen molar-refractivity contribution in [2.75, 3.05) is 26.2 Å². The molecule has 0 amide bonds. The van der Waals surface area contributed by atoms with Crippen molar-refractivity contribution in [1.82, 2.24) is 5.32 Å². The number of fused-ring (bicyclic) bond motifs is 1. The molecule has 17 heavy (non-hydrogen) atoms. The molecule has 0 radical (unpaired) electrons. The van der Waals surface area contributed by atoms with Crippen LogP contribution in [0.1, 0.15) is 11.1 Å². The first kappa shape index (κ1) is 12.4. The Bertz CT molecular complexity index is 368. The zero-order chi connectivity index (χ0) is 12.1. The van der Waals surface area contributed by atoms with Crippen molar-refractivity contribution in [3.8, 4) is 5.75 Å². The summed E-state index contributed by atoms with van der Waals surface area (Å²) in [7, 11) is 0. The number of rotatable bonds is 6. The van der Waals surface area contributed by atoms with Crippen LogP contribution in [0.2, 0.25) is 0 Å². The first-order chi connectivity index (χ1) is 8.29. The predicted molar refractivity (Wildman–Crippen MR) is 67.3 cm³/mol. The fourth-order valence-electron chi connectivity index (χ4n) is 1.98. The lowest BCUT2D eigenvalue weighted by Gasteiger charge is -2.09. The molecular formula is C13H20N2O2. The number of hydrogen-bond acceptors (Lipinski definition) is 4. The minimum absolute atomic E-state index is 0.309. The number of ether oxygens (including phenoxy) is 1. The van der Waals surface area contributed by atoms with Crippen molar-refractivity contribution in [3.63, 3.8) is 0 Å². The van der Waals surface area contributed by atoms with Gasteiger partial charge in [-0.2, -0.15) is 0 Å². The first-order valence-electron chi connectivity index (χ1n) is 6.13. The molecule has 0 spiro atoms. The zero-order valence-corrected chi connectivity index (χ0v) is 9.98. The summed E-state index contributed by atoms with van der Waals surface area (Å²) >= 11 is 0.